The summed E-state index contributed by atoms with van der Waals surface area (Å²) < 4.78 is 5.25. The number of carbonyl (C=O) groups is 1. The maximum Gasteiger partial charge on any atom is 0.336 e. The van der Waals surface area contributed by atoms with Crippen molar-refractivity contribution < 1.29 is 9.53 Å². The third kappa shape index (κ3) is 7.43. The van der Waals surface area contributed by atoms with Crippen molar-refractivity contribution in [3.63, 3.8) is 0 Å². The molecule has 0 saturated carbocycles. The molecule has 0 aliphatic carbocycles. The van der Waals surface area contributed by atoms with Crippen LogP contribution in [-0.4, -0.2) is 23.8 Å². The summed E-state index contributed by atoms with van der Waals surface area (Å²) in [5.41, 5.74) is 4.25. The monoisotopic (exact) mass is 399 g/mol. The van der Waals surface area contributed by atoms with Gasteiger partial charge in [0.05, 0.1) is 6.21 Å². The number of rotatable bonds is 7. The molecule has 2 N–H and O–H groups in total. The number of nitrogens with one attached hydrogen (secondary N) is 2. The molecule has 0 bridgehead atoms. The second kappa shape index (κ2) is 10.9. The van der Waals surface area contributed by atoms with Crippen LogP contribution in [0.25, 0.3) is 6.08 Å². The van der Waals surface area contributed by atoms with Gasteiger partial charge in [-0.25, -0.2) is 4.79 Å². The highest BCUT2D eigenvalue weighted by atomic mass is 35.5. The first-order chi connectivity index (χ1) is 13.1. The molecule has 0 radical (unpaired) electrons. The molecule has 7 heteroatoms. The van der Waals surface area contributed by atoms with Crippen molar-refractivity contribution in [3.8, 4) is 5.75 Å². The number of hydrogen-bond donors (Lipinski definition) is 2. The van der Waals surface area contributed by atoms with E-state index in [-0.39, 0.29) is 0 Å². The Morgan fingerprint density at radius 1 is 1.22 bits per heavy atom. The zero-order valence-corrected chi connectivity index (χ0v) is 16.0. The van der Waals surface area contributed by atoms with Gasteiger partial charge in [-0.15, -0.1) is 6.58 Å². The fraction of sp³-hybridized carbons (Fsp3) is 0.0500. The van der Waals surface area contributed by atoms with Gasteiger partial charge in [0.15, 0.2) is 5.11 Å². The molecule has 0 aliphatic rings. The standard InChI is InChI=1S/C20H18ClN3O2S/c1-2-13-22-20(27)24-23-14-15-7-10-17(11-8-15)26-19(25)12-9-16-5-3-4-6-18(16)21/h2-12,14H,1,13H2,(H2,22,24,27)/b12-9+,23-14-. The van der Waals surface area contributed by atoms with Crippen LogP contribution in [0.3, 0.4) is 0 Å². The molecule has 2 aromatic carbocycles. The number of hydrazone groups is 1. The summed E-state index contributed by atoms with van der Waals surface area (Å²) in [6.45, 7) is 4.15. The zero-order valence-electron chi connectivity index (χ0n) is 14.4. The smallest absolute Gasteiger partial charge is 0.336 e. The number of carbonyl (C=O) groups excluding carboxylic acids is 1. The topological polar surface area (TPSA) is 62.7 Å². The largest absolute Gasteiger partial charge is 0.423 e. The van der Waals surface area contributed by atoms with Crippen molar-refractivity contribution in [2.75, 3.05) is 6.54 Å². The summed E-state index contributed by atoms with van der Waals surface area (Å²) in [5, 5.41) is 7.88. The van der Waals surface area contributed by atoms with E-state index in [4.69, 9.17) is 28.6 Å². The van der Waals surface area contributed by atoms with Gasteiger partial charge in [-0.3, -0.25) is 5.43 Å². The van der Waals surface area contributed by atoms with Crippen LogP contribution < -0.4 is 15.5 Å². The molecule has 0 aromatic heterocycles. The highest BCUT2D eigenvalue weighted by molar-refractivity contribution is 7.80. The van der Waals surface area contributed by atoms with Crippen molar-refractivity contribution in [1.82, 2.24) is 10.7 Å². The molecule has 0 aliphatic heterocycles. The molecule has 2 rings (SSSR count). The minimum absolute atomic E-state index is 0.405. The lowest BCUT2D eigenvalue weighted by molar-refractivity contribution is -0.128. The molecule has 0 amide bonds. The normalized spacial score (nSPS) is 10.7. The Balaban J connectivity index is 1.86. The van der Waals surface area contributed by atoms with Crippen molar-refractivity contribution in [3.05, 3.63) is 83.4 Å². The maximum atomic E-state index is 11.9. The van der Waals surface area contributed by atoms with E-state index >= 15 is 0 Å². The first-order valence-corrected chi connectivity index (χ1v) is 8.79. The highest BCUT2D eigenvalue weighted by Crippen LogP contribution is 2.17. The van der Waals surface area contributed by atoms with E-state index in [1.807, 2.05) is 18.2 Å². The highest BCUT2D eigenvalue weighted by Gasteiger charge is 2.01. The summed E-state index contributed by atoms with van der Waals surface area (Å²) >= 11 is 11.0. The van der Waals surface area contributed by atoms with E-state index in [0.717, 1.165) is 11.1 Å². The van der Waals surface area contributed by atoms with Crippen LogP contribution in [-0.2, 0) is 4.79 Å². The van der Waals surface area contributed by atoms with Crippen molar-refractivity contribution in [1.29, 1.82) is 0 Å². The Morgan fingerprint density at radius 3 is 2.67 bits per heavy atom. The summed E-state index contributed by atoms with van der Waals surface area (Å²) in [6, 6.07) is 14.1. The minimum Gasteiger partial charge on any atom is -0.423 e. The molecule has 0 fully saturated rings. The molecular weight excluding hydrogens is 382 g/mol. The predicted octanol–water partition coefficient (Wildman–Crippen LogP) is 3.94. The van der Waals surface area contributed by atoms with E-state index in [1.54, 1.807) is 48.7 Å². The molecule has 138 valence electrons. The number of nitrogens with zero attached hydrogens (tertiary/aromatic N) is 1. The van der Waals surface area contributed by atoms with Gasteiger partial charge in [-0.05, 0) is 59.8 Å². The summed E-state index contributed by atoms with van der Waals surface area (Å²) in [5.74, 6) is -0.0614. The van der Waals surface area contributed by atoms with Crippen LogP contribution in [0.1, 0.15) is 11.1 Å². The Hall–Kier alpha value is -2.96. The van der Waals surface area contributed by atoms with Crippen LogP contribution in [0.4, 0.5) is 0 Å². The number of benzene rings is 2. The Labute approximate surface area is 168 Å². The van der Waals surface area contributed by atoms with Gasteiger partial charge in [0.2, 0.25) is 0 Å². The average Bonchev–Trinajstić information content (AvgIpc) is 2.67. The van der Waals surface area contributed by atoms with Gasteiger partial charge in [-0.1, -0.05) is 35.9 Å². The van der Waals surface area contributed by atoms with Crippen molar-refractivity contribution >= 4 is 47.2 Å². The number of halogens is 1. The van der Waals surface area contributed by atoms with E-state index in [1.165, 1.54) is 6.08 Å². The second-order valence-corrected chi connectivity index (χ2v) is 6.03. The van der Waals surface area contributed by atoms with Crippen LogP contribution in [0.2, 0.25) is 5.02 Å². The molecule has 0 unspecified atom stereocenters. The van der Waals surface area contributed by atoms with E-state index < -0.39 is 5.97 Å². The quantitative estimate of drug-likeness (QED) is 0.140. The Kier molecular flexibility index (Phi) is 8.22. The molecule has 27 heavy (non-hydrogen) atoms. The van der Waals surface area contributed by atoms with Gasteiger partial charge >= 0.3 is 5.97 Å². The second-order valence-electron chi connectivity index (χ2n) is 5.21. The van der Waals surface area contributed by atoms with Gasteiger partial charge < -0.3 is 10.1 Å². The lowest BCUT2D eigenvalue weighted by Crippen LogP contribution is -2.31. The fourth-order valence-corrected chi connectivity index (χ4v) is 2.24. The van der Waals surface area contributed by atoms with Gasteiger partial charge in [0.1, 0.15) is 5.75 Å². The Morgan fingerprint density at radius 2 is 1.96 bits per heavy atom. The molecule has 0 atom stereocenters. The zero-order chi connectivity index (χ0) is 19.5. The van der Waals surface area contributed by atoms with Crippen LogP contribution in [0.15, 0.2) is 72.4 Å². The van der Waals surface area contributed by atoms with E-state index in [2.05, 4.69) is 22.4 Å². The summed E-state index contributed by atoms with van der Waals surface area (Å²) in [6.07, 6.45) is 6.24. The third-order valence-electron chi connectivity index (χ3n) is 3.19. The van der Waals surface area contributed by atoms with Crippen LogP contribution >= 0.6 is 23.8 Å². The lowest BCUT2D eigenvalue weighted by Gasteiger charge is -2.04. The van der Waals surface area contributed by atoms with Gasteiger partial charge in [0.25, 0.3) is 0 Å². The van der Waals surface area contributed by atoms with Gasteiger partial charge in [-0.2, -0.15) is 5.10 Å². The Bertz CT molecular complexity index is 864. The van der Waals surface area contributed by atoms with E-state index in [9.17, 15) is 4.79 Å². The molecule has 0 heterocycles. The van der Waals surface area contributed by atoms with Crippen LogP contribution in [0, 0.1) is 0 Å². The lowest BCUT2D eigenvalue weighted by atomic mass is 10.2. The number of hydrogen-bond acceptors (Lipinski definition) is 4. The minimum atomic E-state index is -0.489. The third-order valence-corrected chi connectivity index (χ3v) is 3.77. The summed E-state index contributed by atoms with van der Waals surface area (Å²) in [7, 11) is 0. The first kappa shape index (κ1) is 20.4. The van der Waals surface area contributed by atoms with E-state index in [0.29, 0.717) is 22.4 Å². The molecular formula is C20H18ClN3O2S. The first-order valence-electron chi connectivity index (χ1n) is 8.01. The molecule has 2 aromatic rings. The molecule has 0 saturated heterocycles. The number of thiocarbonyl (C=S) groups is 1. The van der Waals surface area contributed by atoms with Crippen LogP contribution in [0.5, 0.6) is 5.75 Å². The maximum absolute atomic E-state index is 11.9. The summed E-state index contributed by atoms with van der Waals surface area (Å²) in [4.78, 5) is 11.9. The average molecular weight is 400 g/mol. The number of esters is 1. The molecule has 5 nitrogen and oxygen atoms in total. The van der Waals surface area contributed by atoms with Gasteiger partial charge in [0, 0.05) is 17.6 Å². The van der Waals surface area contributed by atoms with Crippen molar-refractivity contribution in [2.24, 2.45) is 5.10 Å². The SMILES string of the molecule is C=CCNC(=S)N/N=C\c1ccc(OC(=O)/C=C/c2ccccc2Cl)cc1. The van der Waals surface area contributed by atoms with Crippen molar-refractivity contribution in [2.45, 2.75) is 0 Å². The predicted molar refractivity (Wildman–Crippen MR) is 114 cm³/mol. The molecule has 0 spiro atoms. The fourth-order valence-electron chi connectivity index (χ4n) is 1.91. The number of ether oxygens (including phenoxy) is 1.